The smallest absolute Gasteiger partial charge is 0.427 e. The van der Waals surface area contributed by atoms with Gasteiger partial charge in [-0.25, -0.2) is 26.9 Å². The molecule has 2 N–H and O–H groups in total. The minimum atomic E-state index is -4.90. The number of pyridine rings is 1. The van der Waals surface area contributed by atoms with E-state index < -0.39 is 85.4 Å². The fourth-order valence-corrected chi connectivity index (χ4v) is 10.8. The molecule has 2 spiro atoms. The third-order valence-electron chi connectivity index (χ3n) is 12.3. The van der Waals surface area contributed by atoms with Crippen molar-refractivity contribution < 1.29 is 54.6 Å². The number of amides is 4. The lowest BCUT2D eigenvalue weighted by Crippen LogP contribution is -2.57. The summed E-state index contributed by atoms with van der Waals surface area (Å²) >= 11 is 0. The van der Waals surface area contributed by atoms with Crippen LogP contribution in [0.15, 0.2) is 30.4 Å². The zero-order valence-electron chi connectivity index (χ0n) is 31.1. The first-order valence-electron chi connectivity index (χ1n) is 19.0. The summed E-state index contributed by atoms with van der Waals surface area (Å²) in [6.07, 6.45) is 0.929. The molecule has 18 heteroatoms. The average Bonchev–Trinajstić information content (AvgIpc) is 4.06. The first kappa shape index (κ1) is 38.4. The quantitative estimate of drug-likeness (QED) is 0.251. The summed E-state index contributed by atoms with van der Waals surface area (Å²) < 4.78 is 93.2. The summed E-state index contributed by atoms with van der Waals surface area (Å²) in [5.41, 5.74) is -3.95. The molecular formula is C38H43F4N5O8S. The number of aromatic nitrogens is 1. The van der Waals surface area contributed by atoms with E-state index in [4.69, 9.17) is 9.47 Å². The van der Waals surface area contributed by atoms with E-state index in [1.807, 2.05) is 12.2 Å². The Kier molecular flexibility index (Phi) is 8.75. The van der Waals surface area contributed by atoms with E-state index in [-0.39, 0.29) is 25.8 Å². The Hall–Kier alpha value is -4.48. The van der Waals surface area contributed by atoms with Crippen LogP contribution in [-0.4, -0.2) is 92.8 Å². The molecule has 4 fully saturated rings. The molecule has 13 nitrogen and oxygen atoms in total. The van der Waals surface area contributed by atoms with E-state index in [0.29, 0.717) is 87.6 Å². The highest BCUT2D eigenvalue weighted by atomic mass is 32.2. The molecule has 4 amide bonds. The number of alkyl halides is 3. The average molecular weight is 806 g/mol. The van der Waals surface area contributed by atoms with Gasteiger partial charge in [-0.3, -0.25) is 14.4 Å². The SMILES string of the molecule is Cc1nc2cc(F)ccc2c2c1O[C@]1(CC2)C[C@H]2C(=O)N[C@]3(C(=O)N4C5(CC5)S4(=O)=O)C[C@H]3/C=C\CCCCC[C@H](NC(=O)OC(C)(C)C(F)(F)F)C(=O)N2C1. The fraction of sp³-hybridized carbons (Fsp3) is 0.605. The molecule has 2 aliphatic carbocycles. The first-order valence-corrected chi connectivity index (χ1v) is 20.4. The summed E-state index contributed by atoms with van der Waals surface area (Å²) in [7, 11) is -3.83. The van der Waals surface area contributed by atoms with Gasteiger partial charge in [0.1, 0.15) is 34.8 Å². The molecule has 2 saturated carbocycles. The van der Waals surface area contributed by atoms with Gasteiger partial charge < -0.3 is 25.0 Å². The summed E-state index contributed by atoms with van der Waals surface area (Å²) in [6.45, 7) is 2.91. The van der Waals surface area contributed by atoms with E-state index >= 15 is 0 Å². The molecule has 0 radical (unpaired) electrons. The van der Waals surface area contributed by atoms with Gasteiger partial charge in [0.25, 0.3) is 15.9 Å². The number of nitrogens with one attached hydrogen (secondary N) is 2. The number of nitrogens with zero attached hydrogens (tertiary/aromatic N) is 3. The largest absolute Gasteiger partial charge is 0.483 e. The number of allylic oxidation sites excluding steroid dienone is 1. The molecule has 2 aromatic rings. The van der Waals surface area contributed by atoms with Crippen molar-refractivity contribution in [2.75, 3.05) is 6.54 Å². The number of aryl methyl sites for hydroxylation is 2. The van der Waals surface area contributed by atoms with Crippen LogP contribution in [-0.2, 0) is 35.6 Å². The summed E-state index contributed by atoms with van der Waals surface area (Å²) in [6, 6.07) is 1.57. The van der Waals surface area contributed by atoms with Crippen molar-refractivity contribution in [3.8, 4) is 5.75 Å². The van der Waals surface area contributed by atoms with Gasteiger partial charge in [-0.05, 0) is 84.3 Å². The molecule has 5 atom stereocenters. The normalized spacial score (nSPS) is 31.2. The molecule has 0 bridgehead atoms. The van der Waals surface area contributed by atoms with Gasteiger partial charge in [-0.1, -0.05) is 25.0 Å². The first-order chi connectivity index (χ1) is 26.2. The lowest BCUT2D eigenvalue weighted by atomic mass is 9.87. The molecule has 0 unspecified atom stereocenters. The Morgan fingerprint density at radius 2 is 1.84 bits per heavy atom. The lowest BCUT2D eigenvalue weighted by Gasteiger charge is -2.36. The zero-order chi connectivity index (χ0) is 40.2. The monoisotopic (exact) mass is 805 g/mol. The van der Waals surface area contributed by atoms with Gasteiger partial charge in [-0.2, -0.15) is 13.2 Å². The highest BCUT2D eigenvalue weighted by Gasteiger charge is 2.83. The van der Waals surface area contributed by atoms with Crippen molar-refractivity contribution in [1.29, 1.82) is 0 Å². The number of hydrogen-bond acceptors (Lipinski definition) is 9. The van der Waals surface area contributed by atoms with Crippen LogP contribution in [0.25, 0.3) is 10.9 Å². The second-order valence-corrected chi connectivity index (χ2v) is 18.7. The van der Waals surface area contributed by atoms with E-state index in [2.05, 4.69) is 15.6 Å². The lowest BCUT2D eigenvalue weighted by molar-refractivity contribution is -0.244. The van der Waals surface area contributed by atoms with E-state index in [9.17, 15) is 45.2 Å². The van der Waals surface area contributed by atoms with Crippen LogP contribution in [0, 0.1) is 18.7 Å². The van der Waals surface area contributed by atoms with Crippen LogP contribution in [0.4, 0.5) is 22.4 Å². The number of rotatable bonds is 3. The zero-order valence-corrected chi connectivity index (χ0v) is 31.9. The second kappa shape index (κ2) is 12.8. The molecular weight excluding hydrogens is 763 g/mol. The number of halogens is 4. The van der Waals surface area contributed by atoms with Crippen molar-refractivity contribution in [3.63, 3.8) is 0 Å². The summed E-state index contributed by atoms with van der Waals surface area (Å²) in [4.78, 5) is 60.9. The highest BCUT2D eigenvalue weighted by molar-refractivity contribution is 7.98. The maximum absolute atomic E-state index is 14.6. The number of ether oxygens (including phenoxy) is 2. The van der Waals surface area contributed by atoms with Crippen LogP contribution in [0.1, 0.15) is 89.3 Å². The van der Waals surface area contributed by atoms with Crippen LogP contribution in [0.2, 0.25) is 0 Å². The van der Waals surface area contributed by atoms with Crippen molar-refractivity contribution in [1.82, 2.24) is 24.8 Å². The molecule has 56 heavy (non-hydrogen) atoms. The maximum Gasteiger partial charge on any atom is 0.427 e. The highest BCUT2D eigenvalue weighted by Crippen LogP contribution is 2.64. The van der Waals surface area contributed by atoms with E-state index in [0.717, 1.165) is 9.87 Å². The van der Waals surface area contributed by atoms with Gasteiger partial charge >= 0.3 is 12.3 Å². The second-order valence-electron chi connectivity index (χ2n) is 16.6. The molecule has 1 aromatic carbocycles. The Balaban J connectivity index is 1.14. The summed E-state index contributed by atoms with van der Waals surface area (Å²) in [5.74, 6) is -2.76. The van der Waals surface area contributed by atoms with Gasteiger partial charge in [0.05, 0.1) is 17.8 Å². The van der Waals surface area contributed by atoms with E-state index in [1.54, 1.807) is 13.0 Å². The molecule has 302 valence electrons. The molecule has 8 rings (SSSR count). The number of sulfonamides is 1. The van der Waals surface area contributed by atoms with Gasteiger partial charge in [-0.15, -0.1) is 0 Å². The number of alkyl carbamates (subject to hydrolysis) is 1. The van der Waals surface area contributed by atoms with Crippen LogP contribution in [0.5, 0.6) is 5.75 Å². The van der Waals surface area contributed by atoms with Crippen molar-refractivity contribution in [2.45, 2.75) is 131 Å². The van der Waals surface area contributed by atoms with E-state index in [1.165, 1.54) is 17.0 Å². The fourth-order valence-electron chi connectivity index (χ4n) is 8.70. The Morgan fingerprint density at radius 1 is 1.09 bits per heavy atom. The standard InChI is InChI=1S/C38H43F4N5O8S/c1-21-29-25(24-12-11-23(39)17-27(24)43-21)13-14-35(54-29)19-28-30(48)45-37(32(50)47-36(15-16-36)56(47,52)53)18-22(37)9-7-5-4-6-8-10-26(31(49)46(28)20-35)44-33(51)55-34(2,3)38(40,41)42/h7,9,11-12,17,22,26,28H,4-6,8,10,13-16,18-20H2,1-3H3,(H,44,51)(H,45,48)/b9-7-/t22-,26+,28+,35-,37-,47?/m1/s1. The Bertz CT molecular complexity index is 2190. The number of carbonyl (C=O) groups excluding carboxylic acids is 4. The predicted octanol–water partition coefficient (Wildman–Crippen LogP) is 4.84. The van der Waals surface area contributed by atoms with Gasteiger partial charge in [0, 0.05) is 29.4 Å². The van der Waals surface area contributed by atoms with Crippen molar-refractivity contribution >= 4 is 44.7 Å². The molecule has 4 aliphatic heterocycles. The molecule has 1 aromatic heterocycles. The number of hydrogen-bond donors (Lipinski definition) is 2. The Labute approximate surface area is 320 Å². The van der Waals surface area contributed by atoms with Crippen molar-refractivity contribution in [2.24, 2.45) is 5.92 Å². The number of fused-ring (bicyclic) bond motifs is 5. The van der Waals surface area contributed by atoms with Crippen LogP contribution >= 0.6 is 0 Å². The molecule has 5 heterocycles. The third kappa shape index (κ3) is 6.16. The third-order valence-corrected chi connectivity index (χ3v) is 14.7. The topological polar surface area (TPSA) is 164 Å². The molecule has 6 aliphatic rings. The Morgan fingerprint density at radius 3 is 2.54 bits per heavy atom. The van der Waals surface area contributed by atoms with Gasteiger partial charge in [0.15, 0.2) is 4.87 Å². The number of benzene rings is 1. The van der Waals surface area contributed by atoms with Crippen LogP contribution in [0.3, 0.4) is 0 Å². The van der Waals surface area contributed by atoms with Gasteiger partial charge in [0.2, 0.25) is 17.4 Å². The van der Waals surface area contributed by atoms with Crippen LogP contribution < -0.4 is 15.4 Å². The summed E-state index contributed by atoms with van der Waals surface area (Å²) in [5, 5.41) is 5.88. The van der Waals surface area contributed by atoms with Crippen molar-refractivity contribution in [3.05, 3.63) is 47.4 Å². The predicted molar refractivity (Wildman–Crippen MR) is 191 cm³/mol. The maximum atomic E-state index is 14.6. The minimum absolute atomic E-state index is 0.0250. The number of carbonyl (C=O) groups is 4. The molecule has 2 saturated heterocycles. The minimum Gasteiger partial charge on any atom is -0.483 e.